The molecule has 1 aromatic carbocycles. The van der Waals surface area contributed by atoms with Crippen molar-refractivity contribution in [3.8, 4) is 0 Å². The van der Waals surface area contributed by atoms with Crippen LogP contribution in [0.1, 0.15) is 51.6 Å². The molecule has 0 unspecified atom stereocenters. The Labute approximate surface area is 163 Å². The molecule has 1 aromatic heterocycles. The van der Waals surface area contributed by atoms with Crippen molar-refractivity contribution in [3.63, 3.8) is 0 Å². The number of hydrogen-bond acceptors (Lipinski definition) is 5. The highest BCUT2D eigenvalue weighted by Gasteiger charge is 2.39. The van der Waals surface area contributed by atoms with E-state index in [9.17, 15) is 9.35 Å². The Morgan fingerprint density at radius 1 is 1.37 bits per heavy atom. The summed E-state index contributed by atoms with van der Waals surface area (Å²) in [7, 11) is 1.76. The molecule has 0 amide bonds. The van der Waals surface area contributed by atoms with Gasteiger partial charge >= 0.3 is 0 Å². The van der Waals surface area contributed by atoms with E-state index < -0.39 is 16.1 Å². The first-order valence-corrected chi connectivity index (χ1v) is 10.1. The minimum atomic E-state index is -1.38. The lowest BCUT2D eigenvalue weighted by atomic mass is 9.87. The Balaban J connectivity index is 2.27. The lowest BCUT2D eigenvalue weighted by Gasteiger charge is -2.38. The smallest absolute Gasteiger partial charge is 0.261 e. The van der Waals surface area contributed by atoms with Crippen molar-refractivity contribution in [2.45, 2.75) is 51.7 Å². The molecule has 1 aliphatic rings. The Bertz CT molecular complexity index is 985. The fourth-order valence-corrected chi connectivity index (χ4v) is 3.80. The van der Waals surface area contributed by atoms with Crippen LogP contribution in [0.25, 0.3) is 10.9 Å². The summed E-state index contributed by atoms with van der Waals surface area (Å²) >= 11 is -1.38. The van der Waals surface area contributed by atoms with E-state index in [2.05, 4.69) is 4.40 Å². The first-order chi connectivity index (χ1) is 12.4. The van der Waals surface area contributed by atoms with Gasteiger partial charge in [0.25, 0.3) is 5.56 Å². The molecule has 1 fully saturated rings. The highest BCUT2D eigenvalue weighted by molar-refractivity contribution is 7.91. The molecule has 2 aromatic rings. The molecule has 0 radical (unpaired) electrons. The van der Waals surface area contributed by atoms with E-state index in [0.717, 1.165) is 11.1 Å². The average molecular weight is 390 g/mol. The molecule has 0 bridgehead atoms. The van der Waals surface area contributed by atoms with Gasteiger partial charge in [0.05, 0.1) is 35.2 Å². The van der Waals surface area contributed by atoms with Gasteiger partial charge in [0.1, 0.15) is 21.9 Å². The Morgan fingerprint density at radius 2 is 2.00 bits per heavy atom. The zero-order chi connectivity index (χ0) is 20.1. The maximum atomic E-state index is 13.0. The minimum absolute atomic E-state index is 0.0854. The standard InChI is InChI=1S/C20H27N3O3S/c1-12-8-14(13(2)22-27(25)19(3,4)5)16-15(9-12)17(24)23(7)18(21-16)20(6)10-26-11-20/h8-9H,10-11H2,1-7H3/b22-13-/t27-/m1/s1. The molecule has 27 heavy (non-hydrogen) atoms. The van der Waals surface area contributed by atoms with E-state index in [1.807, 2.05) is 53.7 Å². The molecular formula is C20H27N3O3S. The zero-order valence-corrected chi connectivity index (χ0v) is 17.9. The Morgan fingerprint density at radius 3 is 2.52 bits per heavy atom. The predicted octanol–water partition coefficient (Wildman–Crippen LogP) is 2.80. The molecule has 1 aliphatic heterocycles. The van der Waals surface area contributed by atoms with Crippen LogP contribution in [-0.4, -0.2) is 37.8 Å². The lowest BCUT2D eigenvalue weighted by Crippen LogP contribution is -2.48. The van der Waals surface area contributed by atoms with Crippen molar-refractivity contribution in [1.82, 2.24) is 9.55 Å². The first kappa shape index (κ1) is 20.0. The number of nitrogens with zero attached hydrogens (tertiary/aromatic N) is 3. The summed E-state index contributed by atoms with van der Waals surface area (Å²) in [4.78, 5) is 17.9. The van der Waals surface area contributed by atoms with Crippen LogP contribution in [0.15, 0.2) is 21.3 Å². The van der Waals surface area contributed by atoms with Gasteiger partial charge in [0.2, 0.25) is 0 Å². The highest BCUT2D eigenvalue weighted by Crippen LogP contribution is 2.31. The van der Waals surface area contributed by atoms with Crippen LogP contribution in [0, 0.1) is 6.92 Å². The van der Waals surface area contributed by atoms with Crippen LogP contribution >= 0.6 is 0 Å². The van der Waals surface area contributed by atoms with E-state index in [4.69, 9.17) is 9.72 Å². The summed E-state index contributed by atoms with van der Waals surface area (Å²) in [6.45, 7) is 12.6. The number of aromatic nitrogens is 2. The van der Waals surface area contributed by atoms with Gasteiger partial charge in [-0.1, -0.05) is 4.40 Å². The lowest BCUT2D eigenvalue weighted by molar-refractivity contribution is -0.0559. The number of benzene rings is 1. The van der Waals surface area contributed by atoms with Crippen molar-refractivity contribution >= 4 is 28.0 Å². The molecule has 1 atom stereocenters. The van der Waals surface area contributed by atoms with E-state index in [1.165, 1.54) is 0 Å². The second kappa shape index (κ2) is 6.72. The SMILES string of the molecule is C/C(=N/[S@+]([O-])C(C)(C)C)c1cc(C)cc2c(=O)n(C)c(C3(C)COC3)nc12. The van der Waals surface area contributed by atoms with Gasteiger partial charge in [-0.25, -0.2) is 4.98 Å². The molecule has 6 nitrogen and oxygen atoms in total. The van der Waals surface area contributed by atoms with Crippen molar-refractivity contribution in [2.75, 3.05) is 13.2 Å². The summed E-state index contributed by atoms with van der Waals surface area (Å²) < 4.78 is 23.4. The molecule has 1 saturated heterocycles. The molecule has 146 valence electrons. The van der Waals surface area contributed by atoms with Gasteiger partial charge in [-0.15, -0.1) is 0 Å². The highest BCUT2D eigenvalue weighted by atomic mass is 32.2. The number of ether oxygens (including phenoxy) is 1. The van der Waals surface area contributed by atoms with Crippen molar-refractivity contribution in [3.05, 3.63) is 39.4 Å². The van der Waals surface area contributed by atoms with Gasteiger partial charge < -0.3 is 9.29 Å². The number of hydrogen-bond donors (Lipinski definition) is 0. The van der Waals surface area contributed by atoms with E-state index in [-0.39, 0.29) is 11.0 Å². The fourth-order valence-electron chi connectivity index (χ4n) is 3.18. The maximum Gasteiger partial charge on any atom is 0.261 e. The van der Waals surface area contributed by atoms with Gasteiger partial charge in [0.15, 0.2) is 0 Å². The topological polar surface area (TPSA) is 79.5 Å². The molecule has 7 heteroatoms. The third kappa shape index (κ3) is 3.56. The maximum absolute atomic E-state index is 13.0. The van der Waals surface area contributed by atoms with Gasteiger partial charge in [0, 0.05) is 12.6 Å². The number of rotatable bonds is 3. The number of fused-ring (bicyclic) bond motifs is 1. The predicted molar refractivity (Wildman–Crippen MR) is 110 cm³/mol. The molecule has 2 heterocycles. The van der Waals surface area contributed by atoms with Crippen molar-refractivity contribution in [2.24, 2.45) is 11.4 Å². The molecule has 0 aliphatic carbocycles. The summed E-state index contributed by atoms with van der Waals surface area (Å²) in [5.41, 5.74) is 2.57. The largest absolute Gasteiger partial charge is 0.591 e. The van der Waals surface area contributed by atoms with Crippen LogP contribution < -0.4 is 5.56 Å². The molecule has 3 rings (SSSR count). The van der Waals surface area contributed by atoms with E-state index >= 15 is 0 Å². The van der Waals surface area contributed by atoms with Crippen molar-refractivity contribution < 1.29 is 9.29 Å². The van der Waals surface area contributed by atoms with Gasteiger partial charge in [-0.2, -0.15) is 0 Å². The van der Waals surface area contributed by atoms with Crippen LogP contribution in [0.5, 0.6) is 0 Å². The fraction of sp³-hybridized carbons (Fsp3) is 0.550. The zero-order valence-electron chi connectivity index (χ0n) is 17.0. The van der Waals surface area contributed by atoms with Crippen LogP contribution in [0.4, 0.5) is 0 Å². The Kier molecular flexibility index (Phi) is 4.99. The molecule has 0 saturated carbocycles. The third-order valence-electron chi connectivity index (χ3n) is 4.84. The van der Waals surface area contributed by atoms with Crippen LogP contribution in [0.3, 0.4) is 0 Å². The summed E-state index contributed by atoms with van der Waals surface area (Å²) in [6.07, 6.45) is 0. The average Bonchev–Trinajstić information content (AvgIpc) is 2.54. The second-order valence-corrected chi connectivity index (χ2v) is 10.5. The second-order valence-electron chi connectivity index (χ2n) is 8.60. The quantitative estimate of drug-likeness (QED) is 0.597. The number of aryl methyl sites for hydroxylation is 1. The third-order valence-corrected chi connectivity index (χ3v) is 6.33. The monoisotopic (exact) mass is 389 g/mol. The molecular weight excluding hydrogens is 362 g/mol. The van der Waals surface area contributed by atoms with Crippen LogP contribution in [0.2, 0.25) is 0 Å². The normalized spacial score (nSPS) is 18.4. The van der Waals surface area contributed by atoms with Gasteiger partial charge in [-0.3, -0.25) is 9.36 Å². The first-order valence-electron chi connectivity index (χ1n) is 9.01. The summed E-state index contributed by atoms with van der Waals surface area (Å²) in [6, 6.07) is 3.81. The molecule has 0 N–H and O–H groups in total. The van der Waals surface area contributed by atoms with Gasteiger partial charge in [-0.05, 0) is 59.2 Å². The minimum Gasteiger partial charge on any atom is -0.591 e. The summed E-state index contributed by atoms with van der Waals surface area (Å²) in [5, 5.41) is 0.552. The van der Waals surface area contributed by atoms with E-state index in [0.29, 0.717) is 35.7 Å². The van der Waals surface area contributed by atoms with Crippen molar-refractivity contribution in [1.29, 1.82) is 0 Å². The summed E-state index contributed by atoms with van der Waals surface area (Å²) in [5.74, 6) is 0.709. The Hall–Kier alpha value is -1.70. The van der Waals surface area contributed by atoms with Crippen LogP contribution in [-0.2, 0) is 28.6 Å². The molecule has 0 spiro atoms. The van der Waals surface area contributed by atoms with E-state index in [1.54, 1.807) is 11.6 Å².